The quantitative estimate of drug-likeness (QED) is 0.797. The van der Waals surface area contributed by atoms with Crippen LogP contribution in [0.25, 0.3) is 0 Å². The van der Waals surface area contributed by atoms with Gasteiger partial charge >= 0.3 is 5.97 Å². The van der Waals surface area contributed by atoms with Gasteiger partial charge in [0.15, 0.2) is 0 Å². The van der Waals surface area contributed by atoms with Crippen molar-refractivity contribution in [2.45, 2.75) is 13.8 Å². The van der Waals surface area contributed by atoms with E-state index in [4.69, 9.17) is 4.74 Å². The number of pyridine rings is 1. The summed E-state index contributed by atoms with van der Waals surface area (Å²) < 4.78 is 4.72. The van der Waals surface area contributed by atoms with Crippen LogP contribution in [0.3, 0.4) is 0 Å². The molecule has 1 heterocycles. The second-order valence-electron chi connectivity index (χ2n) is 5.70. The van der Waals surface area contributed by atoms with Crippen LogP contribution in [0.4, 0.5) is 11.5 Å². The number of carbonyl (C=O) groups excluding carboxylic acids is 2. The maximum absolute atomic E-state index is 12.3. The van der Waals surface area contributed by atoms with Crippen LogP contribution in [0, 0.1) is 5.92 Å². The number of amides is 1. The molecule has 2 aromatic rings. The number of ether oxygens (including phenoxy) is 1. The fraction of sp³-hybridized carbons (Fsp3) is 0.278. The molecule has 0 saturated carbocycles. The largest absolute Gasteiger partial charge is 0.465 e. The maximum atomic E-state index is 12.3. The van der Waals surface area contributed by atoms with Gasteiger partial charge in [0.25, 0.3) is 5.91 Å². The van der Waals surface area contributed by atoms with Crippen molar-refractivity contribution in [3.05, 3.63) is 53.7 Å². The molecule has 0 saturated heterocycles. The molecule has 0 fully saturated rings. The molecule has 1 aromatic heterocycles. The fourth-order valence-corrected chi connectivity index (χ4v) is 2.02. The van der Waals surface area contributed by atoms with Crippen molar-refractivity contribution in [3.63, 3.8) is 0 Å². The molecule has 24 heavy (non-hydrogen) atoms. The Hall–Kier alpha value is -2.89. The summed E-state index contributed by atoms with van der Waals surface area (Å²) in [5.74, 6) is 0.381. The lowest BCUT2D eigenvalue weighted by molar-refractivity contribution is 0.0602. The van der Waals surface area contributed by atoms with Crippen LogP contribution in [-0.2, 0) is 4.74 Å². The van der Waals surface area contributed by atoms with Crippen molar-refractivity contribution in [1.29, 1.82) is 0 Å². The van der Waals surface area contributed by atoms with E-state index in [1.54, 1.807) is 36.4 Å². The van der Waals surface area contributed by atoms with Crippen LogP contribution < -0.4 is 10.6 Å². The summed E-state index contributed by atoms with van der Waals surface area (Å²) in [5.41, 5.74) is 1.11. The molecule has 1 amide bonds. The van der Waals surface area contributed by atoms with Gasteiger partial charge in [-0.25, -0.2) is 9.78 Å². The monoisotopic (exact) mass is 327 g/mol. The number of nitrogens with zero attached hydrogens (tertiary/aromatic N) is 1. The highest BCUT2D eigenvalue weighted by Crippen LogP contribution is 2.17. The minimum absolute atomic E-state index is 0.302. The summed E-state index contributed by atoms with van der Waals surface area (Å²) in [6, 6.07) is 10.1. The third kappa shape index (κ3) is 4.55. The Morgan fingerprint density at radius 2 is 1.92 bits per heavy atom. The molecule has 6 nitrogen and oxygen atoms in total. The molecule has 0 bridgehead atoms. The van der Waals surface area contributed by atoms with Crippen LogP contribution in [0.15, 0.2) is 42.6 Å². The Bertz CT molecular complexity index is 712. The second-order valence-corrected chi connectivity index (χ2v) is 5.70. The minimum atomic E-state index is -0.503. The van der Waals surface area contributed by atoms with Gasteiger partial charge in [-0.05, 0) is 30.2 Å². The Morgan fingerprint density at radius 1 is 1.17 bits per heavy atom. The van der Waals surface area contributed by atoms with Crippen LogP contribution in [0.5, 0.6) is 0 Å². The SMILES string of the molecule is COC(=O)c1ccccc1NC(=O)c1ccc(NCC(C)C)nc1. The van der Waals surface area contributed by atoms with E-state index in [-0.39, 0.29) is 5.91 Å². The summed E-state index contributed by atoms with van der Waals surface area (Å²) in [5, 5.41) is 5.90. The van der Waals surface area contributed by atoms with E-state index < -0.39 is 5.97 Å². The van der Waals surface area contributed by atoms with Crippen LogP contribution in [-0.4, -0.2) is 30.5 Å². The first-order valence-electron chi connectivity index (χ1n) is 7.70. The molecule has 6 heteroatoms. The van der Waals surface area contributed by atoms with Crippen molar-refractivity contribution in [1.82, 2.24) is 4.98 Å². The molecule has 0 aliphatic rings. The molecule has 0 aliphatic heterocycles. The summed E-state index contributed by atoms with van der Waals surface area (Å²) in [6.07, 6.45) is 1.50. The number of methoxy groups -OCH3 is 1. The lowest BCUT2D eigenvalue weighted by atomic mass is 10.1. The zero-order chi connectivity index (χ0) is 17.5. The average Bonchev–Trinajstić information content (AvgIpc) is 2.60. The van der Waals surface area contributed by atoms with E-state index in [0.717, 1.165) is 12.4 Å². The first kappa shape index (κ1) is 17.5. The smallest absolute Gasteiger partial charge is 0.339 e. The Labute approximate surface area is 141 Å². The maximum Gasteiger partial charge on any atom is 0.339 e. The molecule has 0 atom stereocenters. The van der Waals surface area contributed by atoms with E-state index in [1.807, 2.05) is 0 Å². The minimum Gasteiger partial charge on any atom is -0.465 e. The normalized spacial score (nSPS) is 10.3. The summed E-state index contributed by atoms with van der Waals surface area (Å²) in [7, 11) is 1.30. The number of carbonyl (C=O) groups is 2. The van der Waals surface area contributed by atoms with Crippen molar-refractivity contribution >= 4 is 23.4 Å². The van der Waals surface area contributed by atoms with E-state index in [2.05, 4.69) is 29.5 Å². The van der Waals surface area contributed by atoms with E-state index in [1.165, 1.54) is 13.3 Å². The molecule has 0 radical (unpaired) electrons. The number of para-hydroxylation sites is 1. The zero-order valence-corrected chi connectivity index (χ0v) is 14.0. The number of aromatic nitrogens is 1. The standard InChI is InChI=1S/C18H21N3O3/c1-12(2)10-19-16-9-8-13(11-20-16)17(22)21-15-7-5-4-6-14(15)18(23)24-3/h4-9,11-12H,10H2,1-3H3,(H,19,20)(H,21,22). The highest BCUT2D eigenvalue weighted by atomic mass is 16.5. The molecule has 0 spiro atoms. The Kier molecular flexibility index (Phi) is 5.89. The van der Waals surface area contributed by atoms with Crippen molar-refractivity contribution in [3.8, 4) is 0 Å². The van der Waals surface area contributed by atoms with Gasteiger partial charge < -0.3 is 15.4 Å². The molecular formula is C18H21N3O3. The van der Waals surface area contributed by atoms with Crippen LogP contribution in [0.1, 0.15) is 34.6 Å². The van der Waals surface area contributed by atoms with Gasteiger partial charge in [-0.2, -0.15) is 0 Å². The predicted octanol–water partition coefficient (Wildman–Crippen LogP) is 3.19. The van der Waals surface area contributed by atoms with Crippen molar-refractivity contribution in [2.24, 2.45) is 5.92 Å². The van der Waals surface area contributed by atoms with Gasteiger partial charge in [-0.3, -0.25) is 4.79 Å². The number of anilines is 2. The van der Waals surface area contributed by atoms with E-state index in [9.17, 15) is 9.59 Å². The number of rotatable bonds is 6. The van der Waals surface area contributed by atoms with E-state index in [0.29, 0.717) is 22.7 Å². The van der Waals surface area contributed by atoms with Gasteiger partial charge in [0, 0.05) is 12.7 Å². The van der Waals surface area contributed by atoms with Crippen molar-refractivity contribution in [2.75, 3.05) is 24.3 Å². The lowest BCUT2D eigenvalue weighted by Crippen LogP contribution is -2.16. The third-order valence-corrected chi connectivity index (χ3v) is 3.30. The lowest BCUT2D eigenvalue weighted by Gasteiger charge is -2.10. The third-order valence-electron chi connectivity index (χ3n) is 3.30. The summed E-state index contributed by atoms with van der Waals surface area (Å²) >= 11 is 0. The number of esters is 1. The Morgan fingerprint density at radius 3 is 2.54 bits per heavy atom. The molecular weight excluding hydrogens is 306 g/mol. The van der Waals surface area contributed by atoms with Gasteiger partial charge in [0.1, 0.15) is 5.82 Å². The molecule has 126 valence electrons. The molecule has 0 unspecified atom stereocenters. The predicted molar refractivity (Wildman–Crippen MR) is 93.3 cm³/mol. The van der Waals surface area contributed by atoms with E-state index >= 15 is 0 Å². The first-order valence-corrected chi connectivity index (χ1v) is 7.70. The van der Waals surface area contributed by atoms with Crippen molar-refractivity contribution < 1.29 is 14.3 Å². The second kappa shape index (κ2) is 8.10. The molecule has 1 aromatic carbocycles. The number of hydrogen-bond donors (Lipinski definition) is 2. The van der Waals surface area contributed by atoms with Gasteiger partial charge in [-0.15, -0.1) is 0 Å². The van der Waals surface area contributed by atoms with Gasteiger partial charge in [-0.1, -0.05) is 26.0 Å². The van der Waals surface area contributed by atoms with Gasteiger partial charge in [0.05, 0.1) is 23.9 Å². The Balaban J connectivity index is 2.09. The van der Waals surface area contributed by atoms with Crippen LogP contribution >= 0.6 is 0 Å². The van der Waals surface area contributed by atoms with Gasteiger partial charge in [0.2, 0.25) is 0 Å². The molecule has 2 N–H and O–H groups in total. The highest BCUT2D eigenvalue weighted by Gasteiger charge is 2.14. The summed E-state index contributed by atoms with van der Waals surface area (Å²) in [6.45, 7) is 5.02. The first-order chi connectivity index (χ1) is 11.5. The fourth-order valence-electron chi connectivity index (χ4n) is 2.02. The number of benzene rings is 1. The zero-order valence-electron chi connectivity index (χ0n) is 14.0. The number of hydrogen-bond acceptors (Lipinski definition) is 5. The summed E-state index contributed by atoms with van der Waals surface area (Å²) in [4.78, 5) is 28.3. The average molecular weight is 327 g/mol. The molecule has 0 aliphatic carbocycles. The molecule has 2 rings (SSSR count). The highest BCUT2D eigenvalue weighted by molar-refractivity contribution is 6.07. The number of nitrogens with one attached hydrogen (secondary N) is 2. The van der Waals surface area contributed by atoms with Crippen LogP contribution in [0.2, 0.25) is 0 Å². The topological polar surface area (TPSA) is 80.3 Å².